The molecule has 24 heavy (non-hydrogen) atoms. The Balaban J connectivity index is 2.14. The van der Waals surface area contributed by atoms with Crippen LogP contribution in [0.25, 0.3) is 0 Å². The second-order valence-electron chi connectivity index (χ2n) is 6.05. The van der Waals surface area contributed by atoms with Crippen molar-refractivity contribution in [1.29, 1.82) is 0 Å². The minimum Gasteiger partial charge on any atom is -0.357 e. The smallest absolute Gasteiger partial charge is 0.357 e. The highest BCUT2D eigenvalue weighted by molar-refractivity contribution is 5.88. The van der Waals surface area contributed by atoms with E-state index in [0.717, 1.165) is 12.5 Å². The van der Waals surface area contributed by atoms with Crippen LogP contribution in [0, 0.1) is 0 Å². The van der Waals surface area contributed by atoms with Gasteiger partial charge in [-0.2, -0.15) is 13.2 Å². The van der Waals surface area contributed by atoms with Crippen LogP contribution in [-0.4, -0.2) is 36.3 Å². The Bertz CT molecular complexity index is 616. The number of hydrogen-bond donors (Lipinski definition) is 1. The molecule has 1 aliphatic rings. The van der Waals surface area contributed by atoms with E-state index in [9.17, 15) is 22.8 Å². The van der Waals surface area contributed by atoms with Gasteiger partial charge in [-0.15, -0.1) is 0 Å². The van der Waals surface area contributed by atoms with Gasteiger partial charge in [0.1, 0.15) is 6.04 Å². The molecule has 2 unspecified atom stereocenters. The number of amides is 2. The molecule has 1 aliphatic heterocycles. The topological polar surface area (TPSA) is 49.4 Å². The van der Waals surface area contributed by atoms with Crippen LogP contribution in [-0.2, 0) is 15.8 Å². The van der Waals surface area contributed by atoms with Gasteiger partial charge in [0.25, 0.3) is 0 Å². The Morgan fingerprint density at radius 2 is 2.00 bits per heavy atom. The standard InChI is InChI=1S/C17H21F3N2O2/c1-11(12-6-3-4-7-13(12)17(18,19)20)10-15(23)22-9-5-8-14(22)16(24)21-2/h3-4,6-7,11,14H,5,8-10H2,1-2H3,(H,21,24). The van der Waals surface area contributed by atoms with E-state index in [1.165, 1.54) is 30.1 Å². The van der Waals surface area contributed by atoms with E-state index in [1.54, 1.807) is 6.92 Å². The summed E-state index contributed by atoms with van der Waals surface area (Å²) >= 11 is 0. The van der Waals surface area contributed by atoms with E-state index >= 15 is 0 Å². The minimum absolute atomic E-state index is 0.0550. The fraction of sp³-hybridized carbons (Fsp3) is 0.529. The van der Waals surface area contributed by atoms with Crippen LogP contribution in [0.4, 0.5) is 13.2 Å². The average Bonchev–Trinajstić information content (AvgIpc) is 3.03. The number of alkyl halides is 3. The van der Waals surface area contributed by atoms with Gasteiger partial charge >= 0.3 is 6.18 Å². The van der Waals surface area contributed by atoms with Crippen molar-refractivity contribution in [3.63, 3.8) is 0 Å². The van der Waals surface area contributed by atoms with Gasteiger partial charge in [0, 0.05) is 20.0 Å². The number of likely N-dealkylation sites (N-methyl/N-ethyl adjacent to an activating group) is 1. The number of carbonyl (C=O) groups excluding carboxylic acids is 2. The maximum atomic E-state index is 13.1. The van der Waals surface area contributed by atoms with Gasteiger partial charge < -0.3 is 10.2 Å². The molecule has 1 heterocycles. The van der Waals surface area contributed by atoms with Gasteiger partial charge in [0.05, 0.1) is 5.56 Å². The predicted molar refractivity (Wildman–Crippen MR) is 83.3 cm³/mol. The summed E-state index contributed by atoms with van der Waals surface area (Å²) in [6.07, 6.45) is -3.21. The molecule has 1 saturated heterocycles. The van der Waals surface area contributed by atoms with Crippen molar-refractivity contribution in [2.24, 2.45) is 0 Å². The number of hydrogen-bond acceptors (Lipinski definition) is 2. The van der Waals surface area contributed by atoms with Gasteiger partial charge in [-0.1, -0.05) is 25.1 Å². The van der Waals surface area contributed by atoms with Crippen molar-refractivity contribution >= 4 is 11.8 Å². The Morgan fingerprint density at radius 3 is 2.62 bits per heavy atom. The molecule has 2 rings (SSSR count). The van der Waals surface area contributed by atoms with E-state index in [0.29, 0.717) is 13.0 Å². The zero-order valence-electron chi connectivity index (χ0n) is 13.7. The predicted octanol–water partition coefficient (Wildman–Crippen LogP) is 2.94. The summed E-state index contributed by atoms with van der Waals surface area (Å²) < 4.78 is 39.3. The zero-order valence-corrected chi connectivity index (χ0v) is 13.7. The first-order chi connectivity index (χ1) is 11.3. The number of benzene rings is 1. The van der Waals surface area contributed by atoms with Crippen molar-refractivity contribution in [1.82, 2.24) is 10.2 Å². The van der Waals surface area contributed by atoms with E-state index in [2.05, 4.69) is 5.32 Å². The summed E-state index contributed by atoms with van der Waals surface area (Å²) in [5.74, 6) is -1.10. The third kappa shape index (κ3) is 3.88. The highest BCUT2D eigenvalue weighted by Gasteiger charge is 2.37. The van der Waals surface area contributed by atoms with Gasteiger partial charge in [-0.3, -0.25) is 9.59 Å². The number of nitrogens with zero attached hydrogens (tertiary/aromatic N) is 1. The van der Waals surface area contributed by atoms with Crippen LogP contribution in [0.15, 0.2) is 24.3 Å². The summed E-state index contributed by atoms with van der Waals surface area (Å²) in [6.45, 7) is 2.07. The molecule has 0 aromatic heterocycles. The highest BCUT2D eigenvalue weighted by Crippen LogP contribution is 2.36. The molecule has 132 valence electrons. The lowest BCUT2D eigenvalue weighted by atomic mass is 9.92. The van der Waals surface area contributed by atoms with E-state index in [1.807, 2.05) is 0 Å². The van der Waals surface area contributed by atoms with Crippen LogP contribution in [0.1, 0.15) is 43.2 Å². The molecule has 1 aromatic carbocycles. The quantitative estimate of drug-likeness (QED) is 0.915. The summed E-state index contributed by atoms with van der Waals surface area (Å²) in [7, 11) is 1.51. The summed E-state index contributed by atoms with van der Waals surface area (Å²) in [5, 5.41) is 2.52. The molecule has 1 aromatic rings. The molecule has 0 spiro atoms. The van der Waals surface area contributed by atoms with E-state index < -0.39 is 23.7 Å². The van der Waals surface area contributed by atoms with Gasteiger partial charge in [-0.05, 0) is 30.4 Å². The molecule has 2 atom stereocenters. The normalized spacial score (nSPS) is 19.2. The molecular weight excluding hydrogens is 321 g/mol. The third-order valence-electron chi connectivity index (χ3n) is 4.40. The second kappa shape index (κ2) is 7.23. The average molecular weight is 342 g/mol. The number of likely N-dealkylation sites (tertiary alicyclic amines) is 1. The van der Waals surface area contributed by atoms with Crippen LogP contribution in [0.5, 0.6) is 0 Å². The molecule has 4 nitrogen and oxygen atoms in total. The third-order valence-corrected chi connectivity index (χ3v) is 4.40. The van der Waals surface area contributed by atoms with Crippen LogP contribution in [0.3, 0.4) is 0 Å². The van der Waals surface area contributed by atoms with E-state index in [-0.39, 0.29) is 23.8 Å². The molecule has 0 saturated carbocycles. The molecule has 0 aliphatic carbocycles. The van der Waals surface area contributed by atoms with Gasteiger partial charge in [0.15, 0.2) is 0 Å². The van der Waals surface area contributed by atoms with Gasteiger partial charge in [-0.25, -0.2) is 0 Å². The summed E-state index contributed by atoms with van der Waals surface area (Å²) in [5.41, 5.74) is -0.608. The van der Waals surface area contributed by atoms with Gasteiger partial charge in [0.2, 0.25) is 11.8 Å². The Labute approximate surface area is 139 Å². The van der Waals surface area contributed by atoms with Crippen molar-refractivity contribution in [2.75, 3.05) is 13.6 Å². The lowest BCUT2D eigenvalue weighted by molar-refractivity contribution is -0.140. The highest BCUT2D eigenvalue weighted by atomic mass is 19.4. The second-order valence-corrected chi connectivity index (χ2v) is 6.05. The van der Waals surface area contributed by atoms with Crippen LogP contribution >= 0.6 is 0 Å². The zero-order chi connectivity index (χ0) is 17.9. The van der Waals surface area contributed by atoms with Crippen LogP contribution in [0.2, 0.25) is 0 Å². The summed E-state index contributed by atoms with van der Waals surface area (Å²) in [4.78, 5) is 25.8. The molecule has 2 amide bonds. The monoisotopic (exact) mass is 342 g/mol. The Kier molecular flexibility index (Phi) is 5.51. The maximum absolute atomic E-state index is 13.1. The number of rotatable bonds is 4. The number of carbonyl (C=O) groups is 2. The van der Waals surface area contributed by atoms with Crippen molar-refractivity contribution in [3.05, 3.63) is 35.4 Å². The molecule has 1 fully saturated rings. The maximum Gasteiger partial charge on any atom is 0.416 e. The van der Waals surface area contributed by atoms with Crippen LogP contribution < -0.4 is 5.32 Å². The fourth-order valence-corrected chi connectivity index (χ4v) is 3.18. The van der Waals surface area contributed by atoms with Crippen molar-refractivity contribution in [3.8, 4) is 0 Å². The lowest BCUT2D eigenvalue weighted by Gasteiger charge is -2.25. The van der Waals surface area contributed by atoms with Crippen molar-refractivity contribution in [2.45, 2.75) is 44.3 Å². The first kappa shape index (κ1) is 18.3. The number of nitrogens with one attached hydrogen (secondary N) is 1. The summed E-state index contributed by atoms with van der Waals surface area (Å²) in [6, 6.07) is 4.78. The SMILES string of the molecule is CNC(=O)C1CCCN1C(=O)CC(C)c1ccccc1C(F)(F)F. The van der Waals surface area contributed by atoms with Crippen molar-refractivity contribution < 1.29 is 22.8 Å². The molecule has 0 radical (unpaired) electrons. The van der Waals surface area contributed by atoms with E-state index in [4.69, 9.17) is 0 Å². The minimum atomic E-state index is -4.45. The first-order valence-corrected chi connectivity index (χ1v) is 7.93. The molecular formula is C17H21F3N2O2. The number of halogens is 3. The molecule has 7 heteroatoms. The first-order valence-electron chi connectivity index (χ1n) is 7.93. The Morgan fingerprint density at radius 1 is 1.33 bits per heavy atom. The lowest BCUT2D eigenvalue weighted by Crippen LogP contribution is -2.45. The Hall–Kier alpha value is -2.05. The molecule has 0 bridgehead atoms. The fourth-order valence-electron chi connectivity index (χ4n) is 3.18. The largest absolute Gasteiger partial charge is 0.416 e. The molecule has 1 N–H and O–H groups in total.